The number of methoxy groups -OCH3 is 1. The molecule has 4 nitrogen and oxygen atoms in total. The Labute approximate surface area is 97.0 Å². The lowest BCUT2D eigenvalue weighted by atomic mass is 10.3. The molecule has 16 heavy (non-hydrogen) atoms. The molecule has 1 atom stereocenters. The minimum atomic E-state index is -0.321. The Morgan fingerprint density at radius 2 is 2.25 bits per heavy atom. The maximum absolute atomic E-state index is 11.2. The van der Waals surface area contributed by atoms with Crippen LogP contribution in [0, 0.1) is 0 Å². The zero-order chi connectivity index (χ0) is 11.5. The van der Waals surface area contributed by atoms with Crippen molar-refractivity contribution in [2.24, 2.45) is 0 Å². The number of carbonyl (C=O) groups is 1. The number of ether oxygens (including phenoxy) is 1. The van der Waals surface area contributed by atoms with E-state index in [1.54, 1.807) is 6.92 Å². The van der Waals surface area contributed by atoms with Crippen LogP contribution in [0.25, 0.3) is 11.1 Å². The van der Waals surface area contributed by atoms with Gasteiger partial charge in [-0.2, -0.15) is 0 Å². The fraction of sp³-hybridized carbons (Fsp3) is 0.273. The molecule has 0 unspecified atom stereocenters. The Balaban J connectivity index is 2.18. The summed E-state index contributed by atoms with van der Waals surface area (Å²) in [7, 11) is 1.37. The minimum Gasteiger partial charge on any atom is -0.468 e. The minimum absolute atomic E-state index is 0.285. The van der Waals surface area contributed by atoms with Crippen LogP contribution in [0.3, 0.4) is 0 Å². The van der Waals surface area contributed by atoms with Crippen molar-refractivity contribution in [3.63, 3.8) is 0 Å². The van der Waals surface area contributed by atoms with E-state index in [2.05, 4.69) is 9.72 Å². The Kier molecular flexibility index (Phi) is 3.14. The molecular weight excluding hydrogens is 226 g/mol. The second-order valence-electron chi connectivity index (χ2n) is 3.23. The van der Waals surface area contributed by atoms with Crippen LogP contribution in [-0.4, -0.2) is 23.3 Å². The van der Waals surface area contributed by atoms with E-state index in [1.807, 2.05) is 24.3 Å². The second kappa shape index (κ2) is 4.57. The molecule has 0 aliphatic carbocycles. The quantitative estimate of drug-likeness (QED) is 0.606. The molecular formula is C11H11NO3S. The van der Waals surface area contributed by atoms with Crippen molar-refractivity contribution in [1.29, 1.82) is 0 Å². The summed E-state index contributed by atoms with van der Waals surface area (Å²) in [5.41, 5.74) is 1.52. The van der Waals surface area contributed by atoms with Gasteiger partial charge in [0.15, 0.2) is 5.58 Å². The Hall–Kier alpha value is -1.49. The largest absolute Gasteiger partial charge is 0.468 e. The molecule has 5 heteroatoms. The van der Waals surface area contributed by atoms with Gasteiger partial charge in [0.05, 0.1) is 7.11 Å². The average molecular weight is 237 g/mol. The van der Waals surface area contributed by atoms with Gasteiger partial charge in [-0.15, -0.1) is 0 Å². The van der Waals surface area contributed by atoms with Crippen LogP contribution in [0.4, 0.5) is 0 Å². The number of rotatable bonds is 3. The van der Waals surface area contributed by atoms with Gasteiger partial charge in [0, 0.05) is 0 Å². The van der Waals surface area contributed by atoms with Gasteiger partial charge in [-0.1, -0.05) is 23.9 Å². The van der Waals surface area contributed by atoms with Gasteiger partial charge in [-0.3, -0.25) is 4.79 Å². The molecule has 1 aromatic carbocycles. The van der Waals surface area contributed by atoms with Crippen molar-refractivity contribution in [3.8, 4) is 0 Å². The standard InChI is InChI=1S/C11H11NO3S/c1-7(10(13)14-2)16-11-12-8-5-3-4-6-9(8)15-11/h3-7H,1-2H3/t7-/m0/s1. The topological polar surface area (TPSA) is 52.3 Å². The monoisotopic (exact) mass is 237 g/mol. The van der Waals surface area contributed by atoms with Crippen molar-refractivity contribution in [2.45, 2.75) is 17.4 Å². The fourth-order valence-electron chi connectivity index (χ4n) is 1.27. The molecule has 0 radical (unpaired) electrons. The number of benzene rings is 1. The number of oxazole rings is 1. The Morgan fingerprint density at radius 1 is 1.50 bits per heavy atom. The number of thioether (sulfide) groups is 1. The number of nitrogens with zero attached hydrogens (tertiary/aromatic N) is 1. The van der Waals surface area contributed by atoms with Crippen molar-refractivity contribution in [2.75, 3.05) is 7.11 Å². The van der Waals surface area contributed by atoms with Crippen LogP contribution < -0.4 is 0 Å². The third kappa shape index (κ3) is 2.19. The molecule has 1 aromatic heterocycles. The van der Waals surface area contributed by atoms with Crippen molar-refractivity contribution < 1.29 is 13.9 Å². The van der Waals surface area contributed by atoms with Gasteiger partial charge in [0.2, 0.25) is 0 Å². The van der Waals surface area contributed by atoms with Crippen LogP contribution in [0.2, 0.25) is 0 Å². The summed E-state index contributed by atoms with van der Waals surface area (Å²) in [5.74, 6) is -0.285. The zero-order valence-electron chi connectivity index (χ0n) is 8.97. The maximum atomic E-state index is 11.2. The smallest absolute Gasteiger partial charge is 0.319 e. The first-order valence-electron chi connectivity index (χ1n) is 4.81. The lowest BCUT2D eigenvalue weighted by Crippen LogP contribution is -2.14. The summed E-state index contributed by atoms with van der Waals surface area (Å²) < 4.78 is 10.1. The number of carbonyl (C=O) groups excluding carboxylic acids is 1. The summed E-state index contributed by atoms with van der Waals surface area (Å²) in [6, 6.07) is 7.48. The van der Waals surface area contributed by atoms with E-state index in [1.165, 1.54) is 18.9 Å². The average Bonchev–Trinajstić information content (AvgIpc) is 2.69. The first kappa shape index (κ1) is 11.0. The van der Waals surface area contributed by atoms with E-state index >= 15 is 0 Å². The number of hydrogen-bond acceptors (Lipinski definition) is 5. The van der Waals surface area contributed by atoms with Gasteiger partial charge in [0.1, 0.15) is 10.8 Å². The lowest BCUT2D eigenvalue weighted by molar-refractivity contribution is -0.139. The molecule has 0 amide bonds. The first-order valence-corrected chi connectivity index (χ1v) is 5.68. The summed E-state index contributed by atoms with van der Waals surface area (Å²) in [6.07, 6.45) is 0. The van der Waals surface area contributed by atoms with Crippen LogP contribution in [-0.2, 0) is 9.53 Å². The number of fused-ring (bicyclic) bond motifs is 1. The van der Waals surface area contributed by atoms with Crippen molar-refractivity contribution >= 4 is 28.8 Å². The highest BCUT2D eigenvalue weighted by atomic mass is 32.2. The SMILES string of the molecule is COC(=O)[C@H](C)Sc1nc2ccccc2o1. The lowest BCUT2D eigenvalue weighted by Gasteiger charge is -2.04. The summed E-state index contributed by atoms with van der Waals surface area (Å²) >= 11 is 1.25. The first-order chi connectivity index (χ1) is 7.70. The highest BCUT2D eigenvalue weighted by Gasteiger charge is 2.17. The van der Waals surface area contributed by atoms with Crippen LogP contribution in [0.1, 0.15) is 6.92 Å². The molecule has 84 valence electrons. The van der Waals surface area contributed by atoms with E-state index in [9.17, 15) is 4.79 Å². The zero-order valence-corrected chi connectivity index (χ0v) is 9.78. The molecule has 2 rings (SSSR count). The van der Waals surface area contributed by atoms with E-state index in [0.717, 1.165) is 11.1 Å². The fourth-order valence-corrected chi connectivity index (χ4v) is 2.05. The van der Waals surface area contributed by atoms with Crippen LogP contribution >= 0.6 is 11.8 Å². The van der Waals surface area contributed by atoms with E-state index in [0.29, 0.717) is 5.22 Å². The molecule has 0 bridgehead atoms. The molecule has 0 aliphatic rings. The van der Waals surface area contributed by atoms with Crippen LogP contribution in [0.15, 0.2) is 33.9 Å². The predicted octanol–water partition coefficient (Wildman–Crippen LogP) is 2.48. The second-order valence-corrected chi connectivity index (χ2v) is 4.52. The third-order valence-electron chi connectivity index (χ3n) is 2.08. The highest BCUT2D eigenvalue weighted by molar-refractivity contribution is 8.00. The molecule has 0 saturated carbocycles. The molecule has 1 heterocycles. The maximum Gasteiger partial charge on any atom is 0.319 e. The molecule has 0 spiro atoms. The summed E-state index contributed by atoms with van der Waals surface area (Å²) in [4.78, 5) is 15.5. The van der Waals surface area contributed by atoms with Crippen molar-refractivity contribution in [3.05, 3.63) is 24.3 Å². The molecule has 0 fully saturated rings. The van der Waals surface area contributed by atoms with E-state index in [-0.39, 0.29) is 11.2 Å². The van der Waals surface area contributed by atoms with Crippen LogP contribution in [0.5, 0.6) is 0 Å². The van der Waals surface area contributed by atoms with Gasteiger partial charge < -0.3 is 9.15 Å². The molecule has 0 N–H and O–H groups in total. The summed E-state index contributed by atoms with van der Waals surface area (Å²) in [5, 5.41) is 0.164. The number of aromatic nitrogens is 1. The van der Waals surface area contributed by atoms with Crippen molar-refractivity contribution in [1.82, 2.24) is 4.98 Å². The van der Waals surface area contributed by atoms with Gasteiger partial charge in [-0.25, -0.2) is 4.98 Å². The molecule has 0 saturated heterocycles. The summed E-state index contributed by atoms with van der Waals surface area (Å²) in [6.45, 7) is 1.76. The van der Waals surface area contributed by atoms with Gasteiger partial charge >= 0.3 is 5.97 Å². The molecule has 0 aliphatic heterocycles. The third-order valence-corrected chi connectivity index (χ3v) is 3.01. The number of hydrogen-bond donors (Lipinski definition) is 0. The Bertz CT molecular complexity index is 476. The molecule has 2 aromatic rings. The normalized spacial score (nSPS) is 12.6. The Morgan fingerprint density at radius 3 is 2.94 bits per heavy atom. The predicted molar refractivity (Wildman–Crippen MR) is 61.3 cm³/mol. The highest BCUT2D eigenvalue weighted by Crippen LogP contribution is 2.26. The van der Waals surface area contributed by atoms with Gasteiger partial charge in [0.25, 0.3) is 5.22 Å². The number of esters is 1. The van der Waals surface area contributed by atoms with E-state index < -0.39 is 0 Å². The number of para-hydroxylation sites is 2. The van der Waals surface area contributed by atoms with E-state index in [4.69, 9.17) is 4.42 Å². The van der Waals surface area contributed by atoms with Gasteiger partial charge in [-0.05, 0) is 19.1 Å².